The largest absolute Gasteiger partial charge is 0.369 e. The Balaban J connectivity index is 1.67. The summed E-state index contributed by atoms with van der Waals surface area (Å²) in [6.45, 7) is 10.8. The van der Waals surface area contributed by atoms with Crippen molar-refractivity contribution in [3.8, 4) is 0 Å². The average molecular weight is 381 g/mol. The van der Waals surface area contributed by atoms with Crippen LogP contribution in [-0.4, -0.2) is 37.9 Å². The van der Waals surface area contributed by atoms with Crippen molar-refractivity contribution in [1.82, 2.24) is 0 Å². The van der Waals surface area contributed by atoms with Gasteiger partial charge in [-0.2, -0.15) is 0 Å². The average Bonchev–Trinajstić information content (AvgIpc) is 3.26. The van der Waals surface area contributed by atoms with Gasteiger partial charge in [0, 0.05) is 38.5 Å². The van der Waals surface area contributed by atoms with Gasteiger partial charge in [-0.1, -0.05) is 25.6 Å². The lowest BCUT2D eigenvalue weighted by molar-refractivity contribution is 0.620. The number of halogens is 1. The topological polar surface area (TPSA) is 40.3 Å². The van der Waals surface area contributed by atoms with Crippen LogP contribution in [0.1, 0.15) is 51.0 Å². The van der Waals surface area contributed by atoms with Crippen molar-refractivity contribution in [2.24, 2.45) is 15.0 Å². The molecule has 0 saturated carbocycles. The second-order valence-corrected chi connectivity index (χ2v) is 7.38. The molecule has 0 bridgehead atoms. The van der Waals surface area contributed by atoms with Crippen molar-refractivity contribution >= 4 is 24.0 Å². The molecular weight excluding hydrogens is 351 g/mol. The highest BCUT2D eigenvalue weighted by atomic mass is 19.1. The van der Waals surface area contributed by atoms with Gasteiger partial charge in [0.1, 0.15) is 11.5 Å². The number of nitrogens with zero attached hydrogens (tertiary/aromatic N) is 4. The number of hydrogen-bond acceptors (Lipinski definition) is 4. The Morgan fingerprint density at radius 1 is 1.36 bits per heavy atom. The van der Waals surface area contributed by atoms with Crippen molar-refractivity contribution in [3.05, 3.63) is 53.5 Å². The van der Waals surface area contributed by atoms with Gasteiger partial charge in [-0.3, -0.25) is 9.98 Å². The van der Waals surface area contributed by atoms with E-state index in [9.17, 15) is 4.39 Å². The van der Waals surface area contributed by atoms with Crippen LogP contribution < -0.4 is 4.90 Å². The molecule has 0 aromatic heterocycles. The molecule has 4 nitrogen and oxygen atoms in total. The smallest absolute Gasteiger partial charge is 0.172 e. The molecule has 2 heterocycles. The minimum absolute atomic E-state index is 0.129. The van der Waals surface area contributed by atoms with E-state index in [-0.39, 0.29) is 11.7 Å². The van der Waals surface area contributed by atoms with E-state index in [1.807, 2.05) is 31.5 Å². The standard InChI is InChI=1S/C23H29FN4/c1-4-19(16-27-18(3)23-25-10-7-11-26-23)14-17(2)20-8-9-21(24)22(15-20)28-12-5-6-13-28/h4,8-10,15-17H,3,5-7,11-14H2,1-2H3/b19-4-,27-16?. The van der Waals surface area contributed by atoms with Gasteiger partial charge in [0.15, 0.2) is 5.84 Å². The SMILES string of the molecule is C=C(N=C/C(=C\C)CC(C)c1ccc(F)c(N2CCCC2)c1)C1=NCCC=N1. The molecule has 0 radical (unpaired) electrons. The van der Waals surface area contributed by atoms with Crippen LogP contribution in [0.3, 0.4) is 0 Å². The van der Waals surface area contributed by atoms with E-state index in [1.165, 1.54) is 0 Å². The summed E-state index contributed by atoms with van der Waals surface area (Å²) in [5.41, 5.74) is 3.58. The van der Waals surface area contributed by atoms with Gasteiger partial charge in [-0.15, -0.1) is 0 Å². The fourth-order valence-corrected chi connectivity index (χ4v) is 3.56. The van der Waals surface area contributed by atoms with E-state index in [0.29, 0.717) is 11.5 Å². The zero-order chi connectivity index (χ0) is 19.9. The summed E-state index contributed by atoms with van der Waals surface area (Å²) in [6.07, 6.45) is 9.73. The summed E-state index contributed by atoms with van der Waals surface area (Å²) in [5, 5.41) is 0. The first kappa shape index (κ1) is 20.2. The highest BCUT2D eigenvalue weighted by Gasteiger charge is 2.18. The third-order valence-electron chi connectivity index (χ3n) is 5.28. The van der Waals surface area contributed by atoms with E-state index in [0.717, 1.165) is 62.1 Å². The maximum Gasteiger partial charge on any atom is 0.172 e. The Kier molecular flexibility index (Phi) is 6.90. The van der Waals surface area contributed by atoms with Gasteiger partial charge >= 0.3 is 0 Å². The molecule has 148 valence electrons. The molecule has 1 fully saturated rings. The summed E-state index contributed by atoms with van der Waals surface area (Å²) in [5.74, 6) is 0.744. The van der Waals surface area contributed by atoms with E-state index >= 15 is 0 Å². The Labute approximate surface area is 167 Å². The van der Waals surface area contributed by atoms with Crippen LogP contribution >= 0.6 is 0 Å². The van der Waals surface area contributed by atoms with Gasteiger partial charge in [-0.05, 0) is 55.4 Å². The quantitative estimate of drug-likeness (QED) is 0.590. The number of allylic oxidation sites excluding steroid dienone is 2. The number of anilines is 1. The molecule has 0 aliphatic carbocycles. The highest BCUT2D eigenvalue weighted by molar-refractivity contribution is 6.04. The van der Waals surface area contributed by atoms with Crippen LogP contribution in [-0.2, 0) is 0 Å². The number of rotatable bonds is 7. The summed E-state index contributed by atoms with van der Waals surface area (Å²) in [4.78, 5) is 15.2. The molecule has 0 amide bonds. The highest BCUT2D eigenvalue weighted by Crippen LogP contribution is 2.30. The van der Waals surface area contributed by atoms with Gasteiger partial charge in [0.25, 0.3) is 0 Å². The zero-order valence-corrected chi connectivity index (χ0v) is 16.9. The first-order chi connectivity index (χ1) is 13.6. The molecule has 1 aromatic rings. The van der Waals surface area contributed by atoms with Crippen molar-refractivity contribution in [3.63, 3.8) is 0 Å². The van der Waals surface area contributed by atoms with Crippen molar-refractivity contribution in [2.75, 3.05) is 24.5 Å². The molecule has 2 aliphatic rings. The van der Waals surface area contributed by atoms with E-state index in [2.05, 4.69) is 39.5 Å². The lowest BCUT2D eigenvalue weighted by Gasteiger charge is -2.21. The van der Waals surface area contributed by atoms with Crippen LogP contribution in [0.2, 0.25) is 0 Å². The van der Waals surface area contributed by atoms with Crippen molar-refractivity contribution in [1.29, 1.82) is 0 Å². The van der Waals surface area contributed by atoms with Crippen LogP contribution in [0.4, 0.5) is 10.1 Å². The fourth-order valence-electron chi connectivity index (χ4n) is 3.56. The number of amidine groups is 1. The fraction of sp³-hybridized carbons (Fsp3) is 0.435. The number of hydrogen-bond donors (Lipinski definition) is 0. The second-order valence-electron chi connectivity index (χ2n) is 7.38. The maximum absolute atomic E-state index is 14.3. The van der Waals surface area contributed by atoms with Gasteiger partial charge in [0.05, 0.1) is 5.69 Å². The molecule has 5 heteroatoms. The monoisotopic (exact) mass is 380 g/mol. The van der Waals surface area contributed by atoms with Crippen LogP contribution in [0.25, 0.3) is 0 Å². The minimum Gasteiger partial charge on any atom is -0.369 e. The van der Waals surface area contributed by atoms with E-state index in [1.54, 1.807) is 6.07 Å². The van der Waals surface area contributed by atoms with Gasteiger partial charge < -0.3 is 4.90 Å². The summed E-state index contributed by atoms with van der Waals surface area (Å²) >= 11 is 0. The minimum atomic E-state index is -0.129. The second kappa shape index (κ2) is 9.58. The van der Waals surface area contributed by atoms with Crippen LogP contribution in [0.15, 0.2) is 57.1 Å². The lowest BCUT2D eigenvalue weighted by Crippen LogP contribution is -2.19. The number of benzene rings is 1. The molecule has 2 aliphatic heterocycles. The molecule has 3 rings (SSSR count). The third kappa shape index (κ3) is 5.03. The Hall–Kier alpha value is -2.56. The summed E-state index contributed by atoms with van der Waals surface area (Å²) < 4.78 is 14.3. The molecule has 0 spiro atoms. The Bertz CT molecular complexity index is 829. The predicted molar refractivity (Wildman–Crippen MR) is 118 cm³/mol. The first-order valence-electron chi connectivity index (χ1n) is 10.1. The van der Waals surface area contributed by atoms with E-state index < -0.39 is 0 Å². The molecular formula is C23H29FN4. The maximum atomic E-state index is 14.3. The zero-order valence-electron chi connectivity index (χ0n) is 16.9. The summed E-state index contributed by atoms with van der Waals surface area (Å²) in [6, 6.07) is 5.51. The van der Waals surface area contributed by atoms with Crippen LogP contribution in [0, 0.1) is 5.82 Å². The van der Waals surface area contributed by atoms with Gasteiger partial charge in [0.2, 0.25) is 0 Å². The van der Waals surface area contributed by atoms with Crippen molar-refractivity contribution < 1.29 is 4.39 Å². The van der Waals surface area contributed by atoms with Crippen molar-refractivity contribution in [2.45, 2.75) is 45.4 Å². The van der Waals surface area contributed by atoms with Gasteiger partial charge in [-0.25, -0.2) is 9.38 Å². The number of aliphatic imine (C=N–C) groups is 3. The van der Waals surface area contributed by atoms with Crippen LogP contribution in [0.5, 0.6) is 0 Å². The predicted octanol–water partition coefficient (Wildman–Crippen LogP) is 5.32. The molecule has 1 unspecified atom stereocenters. The normalized spacial score (nSPS) is 18.6. The first-order valence-corrected chi connectivity index (χ1v) is 10.1. The molecule has 1 saturated heterocycles. The Morgan fingerprint density at radius 3 is 2.82 bits per heavy atom. The molecule has 1 atom stereocenters. The lowest BCUT2D eigenvalue weighted by atomic mass is 9.93. The van der Waals surface area contributed by atoms with E-state index in [4.69, 9.17) is 0 Å². The summed E-state index contributed by atoms with van der Waals surface area (Å²) in [7, 11) is 0. The molecule has 1 aromatic carbocycles. The molecule has 28 heavy (non-hydrogen) atoms. The third-order valence-corrected chi connectivity index (χ3v) is 5.28. The Morgan fingerprint density at radius 2 is 2.14 bits per heavy atom. The molecule has 0 N–H and O–H groups in total.